The first-order valence-electron chi connectivity index (χ1n) is 6.33. The molecule has 8 nitrogen and oxygen atoms in total. The minimum Gasteiger partial charge on any atom is -0.462 e. The number of nitriles is 1. The number of ether oxygens (including phenoxy) is 1. The number of aromatic nitrogens is 1. The van der Waals surface area contributed by atoms with Crippen LogP contribution in [-0.2, 0) is 4.74 Å². The molecule has 22 heavy (non-hydrogen) atoms. The number of anilines is 1. The third-order valence-corrected chi connectivity index (χ3v) is 2.97. The summed E-state index contributed by atoms with van der Waals surface area (Å²) >= 11 is 0. The summed E-state index contributed by atoms with van der Waals surface area (Å²) in [4.78, 5) is 25.1. The molecule has 0 spiro atoms. The zero-order chi connectivity index (χ0) is 16.3. The highest BCUT2D eigenvalue weighted by atomic mass is 16.6. The molecule has 0 saturated heterocycles. The van der Waals surface area contributed by atoms with Gasteiger partial charge in [-0.2, -0.15) is 5.26 Å². The Kier molecular flexibility index (Phi) is 4.08. The summed E-state index contributed by atoms with van der Waals surface area (Å²) in [7, 11) is 0. The molecule has 0 amide bonds. The predicted octanol–water partition coefficient (Wildman–Crippen LogP) is 2.22. The van der Waals surface area contributed by atoms with Crippen molar-refractivity contribution < 1.29 is 14.5 Å². The third kappa shape index (κ3) is 2.60. The molecule has 0 aliphatic rings. The van der Waals surface area contributed by atoms with Crippen molar-refractivity contribution in [1.82, 2.24) is 4.98 Å². The summed E-state index contributed by atoms with van der Waals surface area (Å²) in [6.07, 6.45) is 0. The average molecular weight is 300 g/mol. The number of aromatic amines is 1. The van der Waals surface area contributed by atoms with E-state index < -0.39 is 10.9 Å². The van der Waals surface area contributed by atoms with Crippen molar-refractivity contribution >= 4 is 17.5 Å². The minimum absolute atomic E-state index is 0.00654. The topological polar surface area (TPSA) is 135 Å². The lowest BCUT2D eigenvalue weighted by Crippen LogP contribution is -2.07. The van der Waals surface area contributed by atoms with Crippen molar-refractivity contribution in [2.45, 2.75) is 6.92 Å². The van der Waals surface area contributed by atoms with E-state index in [0.717, 1.165) is 0 Å². The first kappa shape index (κ1) is 15.1. The van der Waals surface area contributed by atoms with E-state index in [-0.39, 0.29) is 34.9 Å². The number of rotatable bonds is 4. The van der Waals surface area contributed by atoms with Crippen LogP contribution in [0.2, 0.25) is 0 Å². The molecule has 0 unspecified atom stereocenters. The second-order valence-electron chi connectivity index (χ2n) is 4.30. The Labute approximate surface area is 125 Å². The minimum atomic E-state index is -0.714. The van der Waals surface area contributed by atoms with E-state index >= 15 is 0 Å². The van der Waals surface area contributed by atoms with Gasteiger partial charge >= 0.3 is 5.97 Å². The van der Waals surface area contributed by atoms with Gasteiger partial charge in [0.1, 0.15) is 23.0 Å². The smallest absolute Gasteiger partial charge is 0.341 e. The molecular weight excluding hydrogens is 288 g/mol. The number of hydrogen-bond acceptors (Lipinski definition) is 6. The maximum absolute atomic E-state index is 12.1. The lowest BCUT2D eigenvalue weighted by atomic mass is 10.0. The van der Waals surface area contributed by atoms with Gasteiger partial charge in [-0.05, 0) is 6.92 Å². The van der Waals surface area contributed by atoms with Crippen LogP contribution in [-0.4, -0.2) is 22.5 Å². The van der Waals surface area contributed by atoms with E-state index in [2.05, 4.69) is 4.98 Å². The molecule has 1 heterocycles. The molecule has 0 atom stereocenters. The number of nitro groups is 1. The Bertz CT molecular complexity index is 789. The van der Waals surface area contributed by atoms with Gasteiger partial charge in [0.05, 0.1) is 17.2 Å². The van der Waals surface area contributed by atoms with Crippen molar-refractivity contribution in [3.05, 3.63) is 45.5 Å². The highest BCUT2D eigenvalue weighted by molar-refractivity contribution is 6.01. The lowest BCUT2D eigenvalue weighted by molar-refractivity contribution is -0.384. The van der Waals surface area contributed by atoms with Gasteiger partial charge in [-0.15, -0.1) is 0 Å². The average Bonchev–Trinajstić information content (AvgIpc) is 2.84. The number of hydrogen-bond donors (Lipinski definition) is 2. The summed E-state index contributed by atoms with van der Waals surface area (Å²) in [5, 5.41) is 20.0. The van der Waals surface area contributed by atoms with E-state index in [4.69, 9.17) is 15.7 Å². The lowest BCUT2D eigenvalue weighted by Gasteiger charge is -2.04. The maximum Gasteiger partial charge on any atom is 0.341 e. The Morgan fingerprint density at radius 2 is 2.27 bits per heavy atom. The predicted molar refractivity (Wildman–Crippen MR) is 78.0 cm³/mol. The second kappa shape index (κ2) is 5.97. The fraction of sp³-hybridized carbons (Fsp3) is 0.143. The van der Waals surface area contributed by atoms with Crippen LogP contribution in [0.25, 0.3) is 11.3 Å². The van der Waals surface area contributed by atoms with Gasteiger partial charge in [-0.1, -0.05) is 12.1 Å². The summed E-state index contributed by atoms with van der Waals surface area (Å²) in [5.74, 6) is -0.708. The van der Waals surface area contributed by atoms with Gasteiger partial charge in [-0.25, -0.2) is 4.79 Å². The Balaban J connectivity index is 2.65. The van der Waals surface area contributed by atoms with Crippen molar-refractivity contribution in [1.29, 1.82) is 5.26 Å². The van der Waals surface area contributed by atoms with Crippen LogP contribution in [0, 0.1) is 21.4 Å². The van der Waals surface area contributed by atoms with E-state index in [1.807, 2.05) is 6.07 Å². The van der Waals surface area contributed by atoms with E-state index in [1.165, 1.54) is 18.2 Å². The first-order valence-corrected chi connectivity index (χ1v) is 6.33. The largest absolute Gasteiger partial charge is 0.462 e. The number of esters is 1. The number of H-pyrrole nitrogens is 1. The van der Waals surface area contributed by atoms with Crippen molar-refractivity contribution in [3.63, 3.8) is 0 Å². The van der Waals surface area contributed by atoms with Crippen molar-refractivity contribution in [2.75, 3.05) is 12.3 Å². The van der Waals surface area contributed by atoms with Crippen LogP contribution in [0.4, 0.5) is 11.5 Å². The number of nitrogen functional groups attached to an aromatic ring is 1. The summed E-state index contributed by atoms with van der Waals surface area (Å²) in [6, 6.07) is 7.50. The monoisotopic (exact) mass is 300 g/mol. The third-order valence-electron chi connectivity index (χ3n) is 2.97. The molecule has 0 saturated carbocycles. The Hall–Kier alpha value is -3.34. The molecule has 0 aliphatic heterocycles. The number of carbonyl (C=O) groups is 1. The van der Waals surface area contributed by atoms with Crippen molar-refractivity contribution in [3.8, 4) is 17.3 Å². The Morgan fingerprint density at radius 1 is 1.55 bits per heavy atom. The van der Waals surface area contributed by atoms with E-state index in [1.54, 1.807) is 13.0 Å². The molecular formula is C14H12N4O4. The molecule has 8 heteroatoms. The van der Waals surface area contributed by atoms with Gasteiger partial charge in [-0.3, -0.25) is 10.1 Å². The quantitative estimate of drug-likeness (QED) is 0.505. The SMILES string of the molecule is CCOC(=O)c1c(-c2cccc([N+](=O)[O-])c2)[nH]c(N)c1C#N. The number of carbonyl (C=O) groups excluding carboxylic acids is 1. The molecule has 3 N–H and O–H groups in total. The van der Waals surface area contributed by atoms with Gasteiger partial charge in [0, 0.05) is 17.7 Å². The van der Waals surface area contributed by atoms with Crippen LogP contribution in [0.1, 0.15) is 22.8 Å². The maximum atomic E-state index is 12.1. The fourth-order valence-electron chi connectivity index (χ4n) is 2.03. The molecule has 112 valence electrons. The van der Waals surface area contributed by atoms with Crippen LogP contribution in [0.3, 0.4) is 0 Å². The van der Waals surface area contributed by atoms with E-state index in [0.29, 0.717) is 5.56 Å². The molecule has 1 aromatic heterocycles. The van der Waals surface area contributed by atoms with Gasteiger partial charge in [0.15, 0.2) is 0 Å². The first-order chi connectivity index (χ1) is 10.5. The van der Waals surface area contributed by atoms with Crippen LogP contribution in [0.15, 0.2) is 24.3 Å². The molecule has 2 aromatic rings. The Morgan fingerprint density at radius 3 is 2.86 bits per heavy atom. The number of nitro benzene ring substituents is 1. The molecule has 0 fully saturated rings. The highest BCUT2D eigenvalue weighted by Gasteiger charge is 2.25. The summed E-state index contributed by atoms with van der Waals surface area (Å²) in [5.41, 5.74) is 6.08. The summed E-state index contributed by atoms with van der Waals surface area (Å²) in [6.45, 7) is 1.76. The summed E-state index contributed by atoms with van der Waals surface area (Å²) < 4.78 is 4.92. The molecule has 0 aliphatic carbocycles. The van der Waals surface area contributed by atoms with Gasteiger partial charge in [0.25, 0.3) is 5.69 Å². The highest BCUT2D eigenvalue weighted by Crippen LogP contribution is 2.31. The van der Waals surface area contributed by atoms with Crippen LogP contribution < -0.4 is 5.73 Å². The van der Waals surface area contributed by atoms with Crippen LogP contribution >= 0.6 is 0 Å². The second-order valence-corrected chi connectivity index (χ2v) is 4.30. The molecule has 0 bridgehead atoms. The number of nitrogens with two attached hydrogens (primary N) is 1. The number of nitrogens with zero attached hydrogens (tertiary/aromatic N) is 2. The van der Waals surface area contributed by atoms with Gasteiger partial charge < -0.3 is 15.5 Å². The fourth-order valence-corrected chi connectivity index (χ4v) is 2.03. The standard InChI is InChI=1S/C14H12N4O4/c1-2-22-14(19)11-10(7-15)13(16)17-12(11)8-4-3-5-9(6-8)18(20)21/h3-6,17H,2,16H2,1H3. The molecule has 0 radical (unpaired) electrons. The number of benzene rings is 1. The number of non-ortho nitro benzene ring substituents is 1. The van der Waals surface area contributed by atoms with Gasteiger partial charge in [0.2, 0.25) is 0 Å². The molecule has 1 aromatic carbocycles. The van der Waals surface area contributed by atoms with Crippen molar-refractivity contribution in [2.24, 2.45) is 0 Å². The van der Waals surface area contributed by atoms with E-state index in [9.17, 15) is 14.9 Å². The normalized spacial score (nSPS) is 10.0. The number of nitrogens with one attached hydrogen (secondary N) is 1. The molecule has 2 rings (SSSR count). The zero-order valence-electron chi connectivity index (χ0n) is 11.6. The van der Waals surface area contributed by atoms with Crippen LogP contribution in [0.5, 0.6) is 0 Å². The zero-order valence-corrected chi connectivity index (χ0v) is 11.6.